The molecule has 0 saturated carbocycles. The number of nitrogens with zero attached hydrogens (tertiary/aromatic N) is 4. The lowest BCUT2D eigenvalue weighted by molar-refractivity contribution is 0.0473. The topological polar surface area (TPSA) is 93.1 Å². The third-order valence-corrected chi connectivity index (χ3v) is 7.98. The molecule has 4 heterocycles. The molecule has 0 spiro atoms. The van der Waals surface area contributed by atoms with E-state index in [1.807, 2.05) is 6.07 Å². The summed E-state index contributed by atoms with van der Waals surface area (Å²) in [6, 6.07) is 11.2. The summed E-state index contributed by atoms with van der Waals surface area (Å²) in [6.45, 7) is 0.838. The summed E-state index contributed by atoms with van der Waals surface area (Å²) in [4.78, 5) is 38.9. The Morgan fingerprint density at radius 3 is 2.69 bits per heavy atom. The van der Waals surface area contributed by atoms with E-state index in [1.54, 1.807) is 39.9 Å². The van der Waals surface area contributed by atoms with E-state index in [2.05, 4.69) is 15.0 Å². The molecular formula is C28H26ClF2N5O3. The van der Waals surface area contributed by atoms with Gasteiger partial charge in [0.25, 0.3) is 0 Å². The number of hydrogen-bond donors (Lipinski definition) is 1. The van der Waals surface area contributed by atoms with Crippen molar-refractivity contribution < 1.29 is 18.3 Å². The molecule has 6 rings (SSSR count). The number of fused-ring (bicyclic) bond motifs is 2. The summed E-state index contributed by atoms with van der Waals surface area (Å²) in [5.74, 6) is -2.04. The lowest BCUT2D eigenvalue weighted by Gasteiger charge is -2.33. The van der Waals surface area contributed by atoms with E-state index in [4.69, 9.17) is 16.3 Å². The Kier molecular flexibility index (Phi) is 6.80. The number of likely N-dealkylation sites (tertiary alicyclic amines) is 1. The van der Waals surface area contributed by atoms with Gasteiger partial charge in [-0.15, -0.1) is 0 Å². The molecule has 0 radical (unpaired) electrons. The lowest BCUT2D eigenvalue weighted by atomic mass is 9.90. The maximum atomic E-state index is 14.6. The molecule has 1 aromatic carbocycles. The molecule has 4 aromatic rings. The quantitative estimate of drug-likeness (QED) is 0.260. The van der Waals surface area contributed by atoms with E-state index in [9.17, 15) is 18.4 Å². The van der Waals surface area contributed by atoms with E-state index >= 15 is 0 Å². The highest BCUT2D eigenvalue weighted by Crippen LogP contribution is 2.39. The number of benzene rings is 1. The molecule has 1 saturated heterocycles. The number of halogens is 3. The summed E-state index contributed by atoms with van der Waals surface area (Å²) in [6.07, 6.45) is 2.94. The van der Waals surface area contributed by atoms with Crippen molar-refractivity contribution in [2.45, 2.75) is 50.2 Å². The number of piperidine rings is 1. The molecular weight excluding hydrogens is 528 g/mol. The Labute approximate surface area is 227 Å². The first kappa shape index (κ1) is 25.5. The van der Waals surface area contributed by atoms with Gasteiger partial charge in [-0.25, -0.2) is 28.3 Å². The first-order valence-corrected chi connectivity index (χ1v) is 13.4. The molecule has 0 bridgehead atoms. The Bertz CT molecular complexity index is 1600. The number of amides is 1. The second-order valence-corrected chi connectivity index (χ2v) is 10.4. The molecule has 2 atom stereocenters. The van der Waals surface area contributed by atoms with Gasteiger partial charge in [-0.1, -0.05) is 29.8 Å². The Morgan fingerprint density at radius 1 is 1.05 bits per heavy atom. The van der Waals surface area contributed by atoms with Crippen molar-refractivity contribution in [2.24, 2.45) is 0 Å². The van der Waals surface area contributed by atoms with Gasteiger partial charge in [-0.05, 0) is 73.4 Å². The van der Waals surface area contributed by atoms with Gasteiger partial charge in [-0.3, -0.25) is 9.55 Å². The molecule has 8 nitrogen and oxygen atoms in total. The second kappa shape index (κ2) is 10.4. The molecule has 11 heteroatoms. The first-order chi connectivity index (χ1) is 18.9. The van der Waals surface area contributed by atoms with Crippen molar-refractivity contribution >= 4 is 28.9 Å². The largest absolute Gasteiger partial charge is 0.440 e. The van der Waals surface area contributed by atoms with Crippen LogP contribution in [0.1, 0.15) is 60.6 Å². The SMILES string of the molecule is O=C(O[C@H]1CC[C@H](c2cccc(F)c2F)Cc2ccc(Cl)nc21)N1CCC(n2c(=O)[nH]c3ncccc32)CC1. The smallest absolute Gasteiger partial charge is 0.410 e. The van der Waals surface area contributed by atoms with Gasteiger partial charge in [0, 0.05) is 25.3 Å². The van der Waals surface area contributed by atoms with E-state index in [0.29, 0.717) is 62.1 Å². The molecule has 1 amide bonds. The predicted octanol–water partition coefficient (Wildman–Crippen LogP) is 5.69. The Morgan fingerprint density at radius 2 is 1.87 bits per heavy atom. The van der Waals surface area contributed by atoms with Crippen LogP contribution in [-0.2, 0) is 11.2 Å². The van der Waals surface area contributed by atoms with Crippen LogP contribution >= 0.6 is 11.6 Å². The average Bonchev–Trinajstić information content (AvgIpc) is 3.18. The number of aromatic amines is 1. The summed E-state index contributed by atoms with van der Waals surface area (Å²) in [7, 11) is 0. The zero-order valence-corrected chi connectivity index (χ0v) is 21.7. The maximum Gasteiger partial charge on any atom is 0.410 e. The van der Waals surface area contributed by atoms with Gasteiger partial charge in [0.2, 0.25) is 0 Å². The molecule has 0 unspecified atom stereocenters. The number of aromatic nitrogens is 4. The van der Waals surface area contributed by atoms with Crippen LogP contribution in [0, 0.1) is 11.6 Å². The van der Waals surface area contributed by atoms with E-state index < -0.39 is 23.8 Å². The van der Waals surface area contributed by atoms with Gasteiger partial charge in [0.05, 0.1) is 11.2 Å². The van der Waals surface area contributed by atoms with E-state index in [-0.39, 0.29) is 22.8 Å². The molecule has 39 heavy (non-hydrogen) atoms. The fraction of sp³-hybridized carbons (Fsp3) is 0.357. The van der Waals surface area contributed by atoms with Crippen molar-refractivity contribution in [3.8, 4) is 0 Å². The number of nitrogens with one attached hydrogen (secondary N) is 1. The van der Waals surface area contributed by atoms with Crippen molar-refractivity contribution in [1.29, 1.82) is 0 Å². The lowest BCUT2D eigenvalue weighted by Crippen LogP contribution is -2.41. The van der Waals surface area contributed by atoms with Crippen LogP contribution in [0.4, 0.5) is 13.6 Å². The Hall–Kier alpha value is -3.79. The molecule has 1 aliphatic carbocycles. The van der Waals surface area contributed by atoms with Crippen molar-refractivity contribution in [3.63, 3.8) is 0 Å². The van der Waals surface area contributed by atoms with Crippen LogP contribution in [0.15, 0.2) is 53.5 Å². The molecule has 202 valence electrons. The minimum atomic E-state index is -0.885. The monoisotopic (exact) mass is 553 g/mol. The maximum absolute atomic E-state index is 14.6. The van der Waals surface area contributed by atoms with Crippen LogP contribution in [0.25, 0.3) is 11.2 Å². The highest BCUT2D eigenvalue weighted by molar-refractivity contribution is 6.29. The summed E-state index contributed by atoms with van der Waals surface area (Å²) < 4.78 is 36.3. The normalized spacial score (nSPS) is 20.0. The summed E-state index contributed by atoms with van der Waals surface area (Å²) in [5, 5.41) is 0.268. The van der Waals surface area contributed by atoms with Crippen LogP contribution < -0.4 is 5.69 Å². The number of rotatable bonds is 3. The molecule has 2 aliphatic rings. The first-order valence-electron chi connectivity index (χ1n) is 13.0. The van der Waals surface area contributed by atoms with Gasteiger partial charge in [0.15, 0.2) is 17.3 Å². The molecule has 1 aliphatic heterocycles. The van der Waals surface area contributed by atoms with Crippen LogP contribution in [0.3, 0.4) is 0 Å². The highest BCUT2D eigenvalue weighted by Gasteiger charge is 2.33. The van der Waals surface area contributed by atoms with Gasteiger partial charge < -0.3 is 9.64 Å². The third-order valence-electron chi connectivity index (χ3n) is 7.77. The molecule has 1 N–H and O–H groups in total. The predicted molar refractivity (Wildman–Crippen MR) is 141 cm³/mol. The molecule has 3 aromatic heterocycles. The number of H-pyrrole nitrogens is 1. The van der Waals surface area contributed by atoms with E-state index in [1.165, 1.54) is 6.07 Å². The van der Waals surface area contributed by atoms with Gasteiger partial charge >= 0.3 is 11.8 Å². The van der Waals surface area contributed by atoms with Gasteiger partial charge in [0.1, 0.15) is 11.3 Å². The third kappa shape index (κ3) is 4.89. The van der Waals surface area contributed by atoms with Gasteiger partial charge in [-0.2, -0.15) is 0 Å². The second-order valence-electron chi connectivity index (χ2n) is 10.1. The minimum absolute atomic E-state index is 0.0690. The number of carbonyl (C=O) groups excluding carboxylic acids is 1. The van der Waals surface area contributed by atoms with Crippen molar-refractivity contribution in [2.75, 3.05) is 13.1 Å². The van der Waals surface area contributed by atoms with Crippen LogP contribution in [0.2, 0.25) is 5.15 Å². The number of hydrogen-bond acceptors (Lipinski definition) is 5. The number of ether oxygens (including phenoxy) is 1. The fourth-order valence-electron chi connectivity index (χ4n) is 5.83. The number of pyridine rings is 2. The van der Waals surface area contributed by atoms with E-state index in [0.717, 1.165) is 17.1 Å². The average molecular weight is 554 g/mol. The minimum Gasteiger partial charge on any atom is -0.440 e. The summed E-state index contributed by atoms with van der Waals surface area (Å²) >= 11 is 6.19. The van der Waals surface area contributed by atoms with Crippen molar-refractivity contribution in [1.82, 2.24) is 24.4 Å². The van der Waals surface area contributed by atoms with Crippen LogP contribution in [-0.4, -0.2) is 43.6 Å². The summed E-state index contributed by atoms with van der Waals surface area (Å²) in [5.41, 5.74) is 2.70. The molecule has 1 fully saturated rings. The Balaban J connectivity index is 1.17. The number of carbonyl (C=O) groups is 1. The van der Waals surface area contributed by atoms with Crippen LogP contribution in [0.5, 0.6) is 0 Å². The van der Waals surface area contributed by atoms with Crippen molar-refractivity contribution in [3.05, 3.63) is 92.8 Å². The number of imidazole rings is 1. The zero-order valence-electron chi connectivity index (χ0n) is 20.9. The fourth-order valence-corrected chi connectivity index (χ4v) is 5.98. The highest BCUT2D eigenvalue weighted by atomic mass is 35.5. The standard InChI is InChI=1S/C28H26ClF2N5O3/c29-23-9-7-17-15-16(19-3-1-4-20(30)24(19)31)6-8-22(25(17)33-23)39-28(38)35-13-10-18(11-14-35)36-21-5-2-12-32-26(21)34-27(36)37/h1-5,7,9,12,16,18,22H,6,8,10-11,13-15H2,(H,32,34,37)/t16-,22-/m0/s1. The zero-order chi connectivity index (χ0) is 27.1.